The van der Waals surface area contributed by atoms with Gasteiger partial charge in [0.25, 0.3) is 0 Å². The Labute approximate surface area is 196 Å². The quantitative estimate of drug-likeness (QED) is 0.166. The molecule has 0 spiro atoms. The molecule has 0 saturated heterocycles. The molecule has 0 bridgehead atoms. The first kappa shape index (κ1) is 26.6. The summed E-state index contributed by atoms with van der Waals surface area (Å²) in [5.41, 5.74) is 1.12. The van der Waals surface area contributed by atoms with Crippen molar-refractivity contribution in [3.8, 4) is 23.7 Å². The number of fused-ring (bicyclic) bond motifs is 1. The van der Waals surface area contributed by atoms with Crippen LogP contribution in [0, 0.1) is 53.3 Å². The van der Waals surface area contributed by atoms with E-state index in [9.17, 15) is 19.8 Å². The van der Waals surface area contributed by atoms with Crippen molar-refractivity contribution in [1.82, 2.24) is 0 Å². The molecule has 2 aliphatic carbocycles. The molecule has 2 aliphatic rings. The van der Waals surface area contributed by atoms with Crippen molar-refractivity contribution in [1.29, 1.82) is 0 Å². The average molecular weight is 457 g/mol. The van der Waals surface area contributed by atoms with Crippen LogP contribution >= 0.6 is 0 Å². The second-order valence-electron chi connectivity index (χ2n) is 9.22. The van der Waals surface area contributed by atoms with Crippen LogP contribution in [0.15, 0.2) is 23.5 Å². The summed E-state index contributed by atoms with van der Waals surface area (Å²) in [6.45, 7) is 3.89. The molecule has 0 heterocycles. The van der Waals surface area contributed by atoms with E-state index in [4.69, 9.17) is 10.2 Å². The maximum absolute atomic E-state index is 10.8. The molecule has 0 amide bonds. The summed E-state index contributed by atoms with van der Waals surface area (Å²) in [5.74, 6) is 10.7. The summed E-state index contributed by atoms with van der Waals surface area (Å²) in [4.78, 5) is 21.6. The Morgan fingerprint density at radius 3 is 2.52 bits per heavy atom. The number of carbonyl (C=O) groups is 2. The fourth-order valence-electron chi connectivity index (χ4n) is 5.02. The molecule has 2 fully saturated rings. The van der Waals surface area contributed by atoms with Gasteiger partial charge in [-0.25, -0.2) is 0 Å². The molecular weight excluding hydrogens is 420 g/mol. The van der Waals surface area contributed by atoms with Crippen molar-refractivity contribution < 1.29 is 30.0 Å². The zero-order chi connectivity index (χ0) is 24.4. The summed E-state index contributed by atoms with van der Waals surface area (Å²) in [5, 5.41) is 39.3. The van der Waals surface area contributed by atoms with Crippen LogP contribution in [0.5, 0.6) is 0 Å². The maximum Gasteiger partial charge on any atom is 0.304 e. The number of aliphatic carboxylic acids is 2. The van der Waals surface area contributed by atoms with E-state index >= 15 is 0 Å². The van der Waals surface area contributed by atoms with E-state index in [0.29, 0.717) is 38.0 Å². The SMILES string of the molecule is CC#CCC(C)C/C=C(/O)[C@H]1C2C/C(=C\CCCC(=O)O)C(C#CCCC(=O)O)[C@H]2C[C@@H]1O. The number of unbranched alkanes of at least 4 members (excludes halogenated alkanes) is 1. The Bertz CT molecular complexity index is 878. The molecule has 4 N–H and O–H groups in total. The van der Waals surface area contributed by atoms with Gasteiger partial charge >= 0.3 is 11.9 Å². The number of aliphatic hydroxyl groups excluding tert-OH is 2. The van der Waals surface area contributed by atoms with Crippen LogP contribution in [-0.2, 0) is 9.59 Å². The van der Waals surface area contributed by atoms with Crippen molar-refractivity contribution in [2.75, 3.05) is 0 Å². The van der Waals surface area contributed by atoms with E-state index in [-0.39, 0.29) is 48.7 Å². The summed E-state index contributed by atoms with van der Waals surface area (Å²) in [6.07, 6.45) is 7.48. The predicted molar refractivity (Wildman–Crippen MR) is 126 cm³/mol. The van der Waals surface area contributed by atoms with E-state index < -0.39 is 18.0 Å². The predicted octanol–water partition coefficient (Wildman–Crippen LogP) is 4.55. The second-order valence-corrected chi connectivity index (χ2v) is 9.22. The van der Waals surface area contributed by atoms with Crippen LogP contribution in [0.25, 0.3) is 0 Å². The lowest BCUT2D eigenvalue weighted by Crippen LogP contribution is -2.21. The van der Waals surface area contributed by atoms with Crippen molar-refractivity contribution in [3.05, 3.63) is 23.5 Å². The summed E-state index contributed by atoms with van der Waals surface area (Å²) < 4.78 is 0. The first-order valence-corrected chi connectivity index (χ1v) is 11.8. The zero-order valence-corrected chi connectivity index (χ0v) is 19.6. The smallest absolute Gasteiger partial charge is 0.304 e. The van der Waals surface area contributed by atoms with Crippen molar-refractivity contribution >= 4 is 11.9 Å². The van der Waals surface area contributed by atoms with Gasteiger partial charge in [-0.3, -0.25) is 9.59 Å². The number of carboxylic acids is 2. The third-order valence-electron chi connectivity index (χ3n) is 6.66. The molecule has 3 unspecified atom stereocenters. The molecule has 6 heteroatoms. The number of hydrogen-bond acceptors (Lipinski definition) is 4. The lowest BCUT2D eigenvalue weighted by Gasteiger charge is -2.21. The lowest BCUT2D eigenvalue weighted by molar-refractivity contribution is -0.138. The van der Waals surface area contributed by atoms with Crippen molar-refractivity contribution in [2.24, 2.45) is 29.6 Å². The fourth-order valence-corrected chi connectivity index (χ4v) is 5.02. The van der Waals surface area contributed by atoms with E-state index in [0.717, 1.165) is 12.0 Å². The van der Waals surface area contributed by atoms with Crippen LogP contribution in [0.2, 0.25) is 0 Å². The van der Waals surface area contributed by atoms with Gasteiger partial charge in [-0.2, -0.15) is 0 Å². The van der Waals surface area contributed by atoms with Gasteiger partial charge in [-0.1, -0.05) is 24.5 Å². The average Bonchev–Trinajstić information content (AvgIpc) is 3.24. The first-order valence-electron chi connectivity index (χ1n) is 11.8. The number of rotatable bonds is 10. The van der Waals surface area contributed by atoms with Crippen LogP contribution < -0.4 is 0 Å². The highest BCUT2D eigenvalue weighted by molar-refractivity contribution is 5.67. The van der Waals surface area contributed by atoms with Gasteiger partial charge < -0.3 is 20.4 Å². The van der Waals surface area contributed by atoms with Gasteiger partial charge in [-0.05, 0) is 62.9 Å². The molecule has 0 aromatic carbocycles. The van der Waals surface area contributed by atoms with Crippen LogP contribution in [0.1, 0.15) is 71.6 Å². The fraction of sp³-hybridized carbons (Fsp3) is 0.630. The molecule has 0 aliphatic heterocycles. The second kappa shape index (κ2) is 13.1. The molecule has 6 nitrogen and oxygen atoms in total. The molecule has 6 atom stereocenters. The largest absolute Gasteiger partial charge is 0.512 e. The standard InChI is InChI=1S/C27H36O6/c1-3-4-9-18(2)14-15-23(28)27-22-16-19(10-5-7-12-25(30)31)20(21(22)17-24(27)29)11-6-8-13-26(32)33/h10,15,18,20-22,24,27-29H,5,7-9,12-14,16-17H2,1-2H3,(H,30,31)(H,32,33)/b19-10+,23-15+/t18?,20?,21-,22?,24+,27-/m1/s1. The minimum Gasteiger partial charge on any atom is -0.512 e. The Morgan fingerprint density at radius 1 is 1.12 bits per heavy atom. The first-order chi connectivity index (χ1) is 15.7. The minimum atomic E-state index is -0.886. The van der Waals surface area contributed by atoms with Crippen molar-refractivity contribution in [2.45, 2.75) is 77.7 Å². The number of aliphatic hydroxyl groups is 2. The number of allylic oxidation sites excluding steroid dienone is 3. The molecule has 2 rings (SSSR count). The monoisotopic (exact) mass is 456 g/mol. The zero-order valence-electron chi connectivity index (χ0n) is 19.6. The van der Waals surface area contributed by atoms with Gasteiger partial charge in [0.05, 0.1) is 18.3 Å². The van der Waals surface area contributed by atoms with E-state index in [1.807, 2.05) is 13.0 Å². The summed E-state index contributed by atoms with van der Waals surface area (Å²) in [7, 11) is 0. The van der Waals surface area contributed by atoms with Crippen LogP contribution in [0.3, 0.4) is 0 Å². The number of carboxylic acid groups (broad SMARTS) is 2. The minimum absolute atomic E-state index is 0.0131. The van der Waals surface area contributed by atoms with Gasteiger partial charge in [0, 0.05) is 31.1 Å². The highest BCUT2D eigenvalue weighted by Gasteiger charge is 2.52. The van der Waals surface area contributed by atoms with Crippen LogP contribution in [0.4, 0.5) is 0 Å². The molecule has 0 radical (unpaired) electrons. The molecule has 0 aromatic heterocycles. The Morgan fingerprint density at radius 2 is 1.85 bits per heavy atom. The van der Waals surface area contributed by atoms with E-state index in [2.05, 4.69) is 36.7 Å². The summed E-state index contributed by atoms with van der Waals surface area (Å²) in [6, 6.07) is 0. The third kappa shape index (κ3) is 7.98. The van der Waals surface area contributed by atoms with Crippen LogP contribution in [-0.4, -0.2) is 38.5 Å². The highest BCUT2D eigenvalue weighted by Crippen LogP contribution is 2.54. The Balaban J connectivity index is 2.17. The molecule has 180 valence electrons. The van der Waals surface area contributed by atoms with Gasteiger partial charge in [0.2, 0.25) is 0 Å². The van der Waals surface area contributed by atoms with Gasteiger partial charge in [0.15, 0.2) is 0 Å². The third-order valence-corrected chi connectivity index (χ3v) is 6.66. The van der Waals surface area contributed by atoms with E-state index in [1.165, 1.54) is 0 Å². The topological polar surface area (TPSA) is 115 Å². The Hall–Kier alpha value is -2.70. The van der Waals surface area contributed by atoms with Crippen molar-refractivity contribution in [3.63, 3.8) is 0 Å². The highest BCUT2D eigenvalue weighted by atomic mass is 16.4. The summed E-state index contributed by atoms with van der Waals surface area (Å²) >= 11 is 0. The molecule has 0 aromatic rings. The van der Waals surface area contributed by atoms with Gasteiger partial charge in [-0.15, -0.1) is 17.8 Å². The molecule has 2 saturated carbocycles. The molecule has 33 heavy (non-hydrogen) atoms. The number of hydrogen-bond donors (Lipinski definition) is 4. The normalized spacial score (nSPS) is 28.4. The van der Waals surface area contributed by atoms with E-state index in [1.54, 1.807) is 0 Å². The lowest BCUT2D eigenvalue weighted by atomic mass is 9.87. The maximum atomic E-state index is 10.8. The Kier molecular flexibility index (Phi) is 10.6. The molecular formula is C27H36O6. The van der Waals surface area contributed by atoms with Gasteiger partial charge in [0.1, 0.15) is 0 Å².